The molecule has 0 aliphatic carbocycles. The Balaban J connectivity index is 2.35. The summed E-state index contributed by atoms with van der Waals surface area (Å²) in [6, 6.07) is 0.288. The van der Waals surface area contributed by atoms with Gasteiger partial charge in [-0.3, -0.25) is 0 Å². The fraction of sp³-hybridized carbons (Fsp3) is 0.667. The zero-order valence-corrected chi connectivity index (χ0v) is 10.1. The lowest BCUT2D eigenvalue weighted by atomic mass is 10.3. The lowest BCUT2D eigenvalue weighted by Crippen LogP contribution is -2.21. The zero-order valence-electron chi connectivity index (χ0n) is 8.53. The van der Waals surface area contributed by atoms with E-state index in [1.807, 2.05) is 11.6 Å². The first-order valence-electron chi connectivity index (χ1n) is 4.64. The van der Waals surface area contributed by atoms with Crippen LogP contribution >= 0.6 is 23.4 Å². The normalized spacial score (nSPS) is 13.1. The molecule has 3 nitrogen and oxygen atoms in total. The van der Waals surface area contributed by atoms with Crippen LogP contribution in [0.25, 0.3) is 0 Å². The number of aromatic nitrogens is 2. The summed E-state index contributed by atoms with van der Waals surface area (Å²) in [5.41, 5.74) is 5.81. The number of imidazole rings is 1. The molecule has 0 aliphatic heterocycles. The number of rotatable bonds is 5. The van der Waals surface area contributed by atoms with E-state index in [9.17, 15) is 0 Å². The van der Waals surface area contributed by atoms with Crippen LogP contribution in [0.4, 0.5) is 0 Å². The molecular formula is C9H16ClN3S. The van der Waals surface area contributed by atoms with Crippen molar-refractivity contribution in [1.29, 1.82) is 0 Å². The maximum atomic E-state index is 5.86. The highest BCUT2D eigenvalue weighted by Crippen LogP contribution is 2.15. The fourth-order valence-corrected chi connectivity index (χ4v) is 2.23. The number of nitrogens with two attached hydrogens (primary N) is 1. The molecule has 0 radical (unpaired) electrons. The Bertz CT molecular complexity index is 288. The van der Waals surface area contributed by atoms with Gasteiger partial charge in [-0.1, -0.05) is 18.5 Å². The topological polar surface area (TPSA) is 43.8 Å². The third-order valence-electron chi connectivity index (χ3n) is 2.12. The molecule has 1 heterocycles. The molecule has 0 fully saturated rings. The Kier molecular flexibility index (Phi) is 4.78. The quantitative estimate of drug-likeness (QED) is 0.847. The van der Waals surface area contributed by atoms with Crippen molar-refractivity contribution in [3.05, 3.63) is 17.2 Å². The standard InChI is InChI=1S/C9H16ClN3S/c1-3-7(11)5-14-6-9-12-4-8(10)13(9)2/h4,7H,3,5-6,11H2,1-2H3. The van der Waals surface area contributed by atoms with E-state index >= 15 is 0 Å². The average molecular weight is 234 g/mol. The highest BCUT2D eigenvalue weighted by molar-refractivity contribution is 7.98. The SMILES string of the molecule is CCC(N)CSCc1ncc(Cl)n1C. The number of nitrogens with zero attached hydrogens (tertiary/aromatic N) is 2. The maximum Gasteiger partial charge on any atom is 0.128 e. The number of thioether (sulfide) groups is 1. The zero-order chi connectivity index (χ0) is 10.6. The van der Waals surface area contributed by atoms with Crippen LogP contribution in [0.1, 0.15) is 19.2 Å². The molecule has 1 unspecified atom stereocenters. The third-order valence-corrected chi connectivity index (χ3v) is 3.59. The van der Waals surface area contributed by atoms with Gasteiger partial charge in [0.25, 0.3) is 0 Å². The van der Waals surface area contributed by atoms with Gasteiger partial charge < -0.3 is 10.3 Å². The van der Waals surface area contributed by atoms with E-state index < -0.39 is 0 Å². The summed E-state index contributed by atoms with van der Waals surface area (Å²) < 4.78 is 1.89. The van der Waals surface area contributed by atoms with Crippen LogP contribution in [-0.4, -0.2) is 21.3 Å². The van der Waals surface area contributed by atoms with Crippen LogP contribution in [0.2, 0.25) is 5.15 Å². The highest BCUT2D eigenvalue weighted by atomic mass is 35.5. The molecule has 0 aromatic carbocycles. The summed E-state index contributed by atoms with van der Waals surface area (Å²) in [5, 5.41) is 0.681. The van der Waals surface area contributed by atoms with Crippen molar-refractivity contribution < 1.29 is 0 Å². The minimum Gasteiger partial charge on any atom is -0.327 e. The molecule has 0 saturated carbocycles. The first-order valence-corrected chi connectivity index (χ1v) is 6.17. The Morgan fingerprint density at radius 3 is 2.93 bits per heavy atom. The third kappa shape index (κ3) is 3.19. The van der Waals surface area contributed by atoms with Gasteiger partial charge in [0.05, 0.1) is 11.9 Å². The van der Waals surface area contributed by atoms with Gasteiger partial charge in [-0.2, -0.15) is 11.8 Å². The van der Waals surface area contributed by atoms with Gasteiger partial charge in [-0.15, -0.1) is 0 Å². The van der Waals surface area contributed by atoms with E-state index in [0.29, 0.717) is 5.15 Å². The smallest absolute Gasteiger partial charge is 0.128 e. The summed E-state index contributed by atoms with van der Waals surface area (Å²) in [6.07, 6.45) is 2.70. The lowest BCUT2D eigenvalue weighted by molar-refractivity contribution is 0.724. The van der Waals surface area contributed by atoms with E-state index in [0.717, 1.165) is 23.8 Å². The molecular weight excluding hydrogens is 218 g/mol. The molecule has 0 spiro atoms. The van der Waals surface area contributed by atoms with Crippen LogP contribution in [0, 0.1) is 0 Å². The van der Waals surface area contributed by atoms with Crippen molar-refractivity contribution in [3.8, 4) is 0 Å². The summed E-state index contributed by atoms with van der Waals surface area (Å²) in [7, 11) is 1.92. The van der Waals surface area contributed by atoms with Gasteiger partial charge in [0.15, 0.2) is 0 Å². The van der Waals surface area contributed by atoms with Crippen molar-refractivity contribution >= 4 is 23.4 Å². The first-order chi connectivity index (χ1) is 6.65. The Hall–Kier alpha value is -0.190. The Morgan fingerprint density at radius 1 is 1.71 bits per heavy atom. The monoisotopic (exact) mass is 233 g/mol. The van der Waals surface area contributed by atoms with E-state index in [4.69, 9.17) is 17.3 Å². The molecule has 0 aliphatic rings. The van der Waals surface area contributed by atoms with E-state index in [-0.39, 0.29) is 6.04 Å². The number of hydrogen-bond donors (Lipinski definition) is 1. The van der Waals surface area contributed by atoms with Crippen molar-refractivity contribution in [1.82, 2.24) is 9.55 Å². The molecule has 14 heavy (non-hydrogen) atoms. The summed E-state index contributed by atoms with van der Waals surface area (Å²) >= 11 is 7.66. The molecule has 1 rings (SSSR count). The van der Waals surface area contributed by atoms with Gasteiger partial charge in [0, 0.05) is 18.8 Å². The van der Waals surface area contributed by atoms with Crippen LogP contribution in [-0.2, 0) is 12.8 Å². The summed E-state index contributed by atoms with van der Waals surface area (Å²) in [5.74, 6) is 2.85. The van der Waals surface area contributed by atoms with E-state index in [1.165, 1.54) is 0 Å². The van der Waals surface area contributed by atoms with E-state index in [2.05, 4.69) is 11.9 Å². The van der Waals surface area contributed by atoms with Crippen LogP contribution in [0.5, 0.6) is 0 Å². The van der Waals surface area contributed by atoms with Gasteiger partial charge >= 0.3 is 0 Å². The van der Waals surface area contributed by atoms with Crippen molar-refractivity contribution in [2.45, 2.75) is 25.1 Å². The maximum absolute atomic E-state index is 5.86. The summed E-state index contributed by atoms with van der Waals surface area (Å²) in [4.78, 5) is 4.21. The van der Waals surface area contributed by atoms with Crippen molar-refractivity contribution in [3.63, 3.8) is 0 Å². The predicted octanol–water partition coefficient (Wildman–Crippen LogP) is 2.04. The molecule has 0 bridgehead atoms. The van der Waals surface area contributed by atoms with Crippen LogP contribution in [0.15, 0.2) is 6.20 Å². The molecule has 0 amide bonds. The minimum atomic E-state index is 0.288. The van der Waals surface area contributed by atoms with Gasteiger partial charge in [-0.25, -0.2) is 4.98 Å². The van der Waals surface area contributed by atoms with Gasteiger partial charge in [0.2, 0.25) is 0 Å². The Morgan fingerprint density at radius 2 is 2.43 bits per heavy atom. The first kappa shape index (κ1) is 11.9. The van der Waals surface area contributed by atoms with E-state index in [1.54, 1.807) is 18.0 Å². The highest BCUT2D eigenvalue weighted by Gasteiger charge is 2.05. The minimum absolute atomic E-state index is 0.288. The average Bonchev–Trinajstić information content (AvgIpc) is 2.49. The van der Waals surface area contributed by atoms with Crippen LogP contribution in [0.3, 0.4) is 0 Å². The largest absolute Gasteiger partial charge is 0.327 e. The predicted molar refractivity (Wildman–Crippen MR) is 62.6 cm³/mol. The fourth-order valence-electron chi connectivity index (χ4n) is 0.978. The second-order valence-corrected chi connectivity index (χ2v) is 4.66. The second kappa shape index (κ2) is 5.63. The molecule has 5 heteroatoms. The lowest BCUT2D eigenvalue weighted by Gasteiger charge is -2.07. The number of halogens is 1. The van der Waals surface area contributed by atoms with Crippen molar-refractivity contribution in [2.75, 3.05) is 5.75 Å². The number of hydrogen-bond acceptors (Lipinski definition) is 3. The molecule has 2 N–H and O–H groups in total. The molecule has 1 atom stereocenters. The van der Waals surface area contributed by atoms with Gasteiger partial charge in [-0.05, 0) is 6.42 Å². The molecule has 1 aromatic rings. The molecule has 80 valence electrons. The van der Waals surface area contributed by atoms with Gasteiger partial charge in [0.1, 0.15) is 11.0 Å². The summed E-state index contributed by atoms with van der Waals surface area (Å²) in [6.45, 7) is 2.10. The molecule has 0 saturated heterocycles. The van der Waals surface area contributed by atoms with Crippen molar-refractivity contribution in [2.24, 2.45) is 12.8 Å². The second-order valence-electron chi connectivity index (χ2n) is 3.24. The van der Waals surface area contributed by atoms with Crippen LogP contribution < -0.4 is 5.73 Å². The molecule has 1 aromatic heterocycles. The Labute approximate surface area is 94.0 Å².